The van der Waals surface area contributed by atoms with Crippen molar-refractivity contribution in [1.82, 2.24) is 4.90 Å². The highest BCUT2D eigenvalue weighted by Crippen LogP contribution is 2.23. The Morgan fingerprint density at radius 1 is 1.19 bits per heavy atom. The zero-order valence-corrected chi connectivity index (χ0v) is 12.0. The van der Waals surface area contributed by atoms with Gasteiger partial charge in [-0.15, -0.1) is 0 Å². The lowest BCUT2D eigenvalue weighted by Crippen LogP contribution is -2.43. The first-order chi connectivity index (χ1) is 10.1. The number of carbonyl (C=O) groups is 2. The summed E-state index contributed by atoms with van der Waals surface area (Å²) in [6.07, 6.45) is 3.48. The standard InChI is InChI=1S/C16H21NO4/c18-11-12-4-6-13(7-5-12)16(21)17-10-2-1-3-14(17)8-9-15(19)20/h4-7,14,18H,1-3,8-11H2,(H,19,20). The van der Waals surface area contributed by atoms with Crippen LogP contribution in [0.5, 0.6) is 0 Å². The molecule has 2 rings (SSSR count). The lowest BCUT2D eigenvalue weighted by molar-refractivity contribution is -0.137. The number of carboxylic acid groups (broad SMARTS) is 1. The molecule has 1 heterocycles. The summed E-state index contributed by atoms with van der Waals surface area (Å²) in [7, 11) is 0. The van der Waals surface area contributed by atoms with Crippen LogP contribution >= 0.6 is 0 Å². The van der Waals surface area contributed by atoms with Gasteiger partial charge in [-0.2, -0.15) is 0 Å². The molecule has 1 atom stereocenters. The predicted octanol–water partition coefficient (Wildman–Crippen LogP) is 2.04. The van der Waals surface area contributed by atoms with E-state index in [0.717, 1.165) is 24.8 Å². The Balaban J connectivity index is 2.08. The van der Waals surface area contributed by atoms with Crippen molar-refractivity contribution < 1.29 is 19.8 Å². The van der Waals surface area contributed by atoms with Crippen LogP contribution in [0.25, 0.3) is 0 Å². The number of aliphatic carboxylic acids is 1. The van der Waals surface area contributed by atoms with E-state index in [1.807, 2.05) is 0 Å². The normalized spacial score (nSPS) is 18.5. The molecule has 1 saturated heterocycles. The van der Waals surface area contributed by atoms with Gasteiger partial charge in [-0.25, -0.2) is 0 Å². The van der Waals surface area contributed by atoms with Crippen molar-refractivity contribution in [1.29, 1.82) is 0 Å². The van der Waals surface area contributed by atoms with Gasteiger partial charge in [-0.3, -0.25) is 9.59 Å². The molecule has 1 unspecified atom stereocenters. The molecule has 1 aliphatic heterocycles. The second-order valence-corrected chi connectivity index (χ2v) is 5.44. The maximum absolute atomic E-state index is 12.6. The van der Waals surface area contributed by atoms with E-state index in [9.17, 15) is 9.59 Å². The first-order valence-corrected chi connectivity index (χ1v) is 7.34. The molecule has 21 heavy (non-hydrogen) atoms. The summed E-state index contributed by atoms with van der Waals surface area (Å²) in [5, 5.41) is 17.8. The van der Waals surface area contributed by atoms with E-state index in [2.05, 4.69) is 0 Å². The first-order valence-electron chi connectivity index (χ1n) is 7.34. The monoisotopic (exact) mass is 291 g/mol. The Morgan fingerprint density at radius 3 is 2.52 bits per heavy atom. The van der Waals surface area contributed by atoms with Crippen LogP contribution < -0.4 is 0 Å². The number of aliphatic hydroxyl groups excluding tert-OH is 1. The Morgan fingerprint density at radius 2 is 1.90 bits per heavy atom. The quantitative estimate of drug-likeness (QED) is 0.870. The predicted molar refractivity (Wildman–Crippen MR) is 77.9 cm³/mol. The van der Waals surface area contributed by atoms with Crippen LogP contribution in [0.3, 0.4) is 0 Å². The molecule has 1 aromatic rings. The van der Waals surface area contributed by atoms with Crippen molar-refractivity contribution >= 4 is 11.9 Å². The number of aliphatic hydroxyl groups is 1. The minimum absolute atomic E-state index is 0.0138. The largest absolute Gasteiger partial charge is 0.481 e. The second-order valence-electron chi connectivity index (χ2n) is 5.44. The summed E-state index contributed by atoms with van der Waals surface area (Å²) < 4.78 is 0. The molecule has 0 spiro atoms. The molecule has 1 amide bonds. The molecule has 2 N–H and O–H groups in total. The topological polar surface area (TPSA) is 77.8 Å². The van der Waals surface area contributed by atoms with Crippen molar-refractivity contribution in [2.24, 2.45) is 0 Å². The van der Waals surface area contributed by atoms with Gasteiger partial charge in [0.05, 0.1) is 6.61 Å². The van der Waals surface area contributed by atoms with Crippen LogP contribution in [0, 0.1) is 0 Å². The summed E-state index contributed by atoms with van der Waals surface area (Å²) in [5.41, 5.74) is 1.36. The number of amides is 1. The fourth-order valence-electron chi connectivity index (χ4n) is 2.78. The van der Waals surface area contributed by atoms with Gasteiger partial charge in [-0.05, 0) is 43.4 Å². The highest BCUT2D eigenvalue weighted by atomic mass is 16.4. The van der Waals surface area contributed by atoms with E-state index in [1.165, 1.54) is 0 Å². The maximum Gasteiger partial charge on any atom is 0.303 e. The number of carbonyl (C=O) groups excluding carboxylic acids is 1. The van der Waals surface area contributed by atoms with E-state index in [4.69, 9.17) is 10.2 Å². The van der Waals surface area contributed by atoms with E-state index in [1.54, 1.807) is 29.2 Å². The summed E-state index contributed by atoms with van der Waals surface area (Å²) in [6, 6.07) is 6.93. The lowest BCUT2D eigenvalue weighted by atomic mass is 9.96. The average Bonchev–Trinajstić information content (AvgIpc) is 2.52. The van der Waals surface area contributed by atoms with Crippen molar-refractivity contribution in [3.63, 3.8) is 0 Å². The van der Waals surface area contributed by atoms with Gasteiger partial charge in [0, 0.05) is 24.6 Å². The Labute approximate surface area is 124 Å². The molecule has 114 valence electrons. The van der Waals surface area contributed by atoms with Crippen LogP contribution in [0.1, 0.15) is 48.0 Å². The van der Waals surface area contributed by atoms with Gasteiger partial charge in [-0.1, -0.05) is 12.1 Å². The van der Waals surface area contributed by atoms with E-state index < -0.39 is 5.97 Å². The summed E-state index contributed by atoms with van der Waals surface area (Å²) >= 11 is 0. The molecular formula is C16H21NO4. The minimum atomic E-state index is -0.819. The minimum Gasteiger partial charge on any atom is -0.481 e. The summed E-state index contributed by atoms with van der Waals surface area (Å²) in [5.74, 6) is -0.866. The Hall–Kier alpha value is -1.88. The molecule has 0 bridgehead atoms. The summed E-state index contributed by atoms with van der Waals surface area (Å²) in [6.45, 7) is 0.643. The van der Waals surface area contributed by atoms with Gasteiger partial charge in [0.1, 0.15) is 0 Å². The van der Waals surface area contributed by atoms with Crippen LogP contribution in [0.4, 0.5) is 0 Å². The van der Waals surface area contributed by atoms with Gasteiger partial charge in [0.15, 0.2) is 0 Å². The number of likely N-dealkylation sites (tertiary alicyclic amines) is 1. The van der Waals surface area contributed by atoms with Crippen molar-refractivity contribution in [2.75, 3.05) is 6.54 Å². The number of benzene rings is 1. The zero-order valence-electron chi connectivity index (χ0n) is 12.0. The van der Waals surface area contributed by atoms with Crippen LogP contribution in [0.2, 0.25) is 0 Å². The zero-order chi connectivity index (χ0) is 15.2. The maximum atomic E-state index is 12.6. The van der Waals surface area contributed by atoms with Gasteiger partial charge in [0.25, 0.3) is 5.91 Å². The average molecular weight is 291 g/mol. The molecule has 0 saturated carbocycles. The second kappa shape index (κ2) is 7.22. The summed E-state index contributed by atoms with van der Waals surface area (Å²) in [4.78, 5) is 25.1. The van der Waals surface area contributed by atoms with Crippen molar-refractivity contribution in [2.45, 2.75) is 44.8 Å². The number of hydrogen-bond acceptors (Lipinski definition) is 3. The van der Waals surface area contributed by atoms with E-state index in [-0.39, 0.29) is 25.0 Å². The number of hydrogen-bond donors (Lipinski definition) is 2. The molecule has 1 aromatic carbocycles. The van der Waals surface area contributed by atoms with Gasteiger partial charge >= 0.3 is 5.97 Å². The number of rotatable bonds is 5. The number of nitrogens with zero attached hydrogens (tertiary/aromatic N) is 1. The highest BCUT2D eigenvalue weighted by molar-refractivity contribution is 5.94. The third kappa shape index (κ3) is 4.04. The molecule has 0 aliphatic carbocycles. The molecule has 5 nitrogen and oxygen atoms in total. The van der Waals surface area contributed by atoms with Gasteiger partial charge < -0.3 is 15.1 Å². The first kappa shape index (κ1) is 15.5. The van der Waals surface area contributed by atoms with E-state index >= 15 is 0 Å². The Kier molecular flexibility index (Phi) is 5.33. The highest BCUT2D eigenvalue weighted by Gasteiger charge is 2.27. The molecule has 5 heteroatoms. The fourth-order valence-corrected chi connectivity index (χ4v) is 2.78. The smallest absolute Gasteiger partial charge is 0.303 e. The number of piperidine rings is 1. The molecule has 1 fully saturated rings. The molecule has 1 aliphatic rings. The third-order valence-electron chi connectivity index (χ3n) is 3.96. The number of carboxylic acids is 1. The molecule has 0 aromatic heterocycles. The van der Waals surface area contributed by atoms with Crippen LogP contribution in [0.15, 0.2) is 24.3 Å². The fraction of sp³-hybridized carbons (Fsp3) is 0.500. The van der Waals surface area contributed by atoms with Crippen molar-refractivity contribution in [3.05, 3.63) is 35.4 Å². The SMILES string of the molecule is O=C(O)CCC1CCCCN1C(=O)c1ccc(CO)cc1. The van der Waals surface area contributed by atoms with Crippen LogP contribution in [-0.2, 0) is 11.4 Å². The van der Waals surface area contributed by atoms with E-state index in [0.29, 0.717) is 18.5 Å². The van der Waals surface area contributed by atoms with Gasteiger partial charge in [0.2, 0.25) is 0 Å². The lowest BCUT2D eigenvalue weighted by Gasteiger charge is -2.35. The third-order valence-corrected chi connectivity index (χ3v) is 3.96. The Bertz CT molecular complexity index is 498. The molecule has 0 radical (unpaired) electrons. The van der Waals surface area contributed by atoms with Crippen molar-refractivity contribution in [3.8, 4) is 0 Å². The van der Waals surface area contributed by atoms with Crippen LogP contribution in [-0.4, -0.2) is 39.6 Å². The molecular weight excluding hydrogens is 270 g/mol.